The van der Waals surface area contributed by atoms with E-state index >= 15 is 0 Å². The summed E-state index contributed by atoms with van der Waals surface area (Å²) in [5.41, 5.74) is 4.69. The van der Waals surface area contributed by atoms with Crippen LogP contribution in [-0.4, -0.2) is 52.8 Å². The van der Waals surface area contributed by atoms with Gasteiger partial charge in [-0.15, -0.1) is 0 Å². The van der Waals surface area contributed by atoms with E-state index in [1.165, 1.54) is 16.0 Å². The molecule has 0 saturated carbocycles. The molecule has 0 bridgehead atoms. The third-order valence-electron chi connectivity index (χ3n) is 6.02. The van der Waals surface area contributed by atoms with E-state index in [1.54, 1.807) is 24.3 Å². The molecule has 2 aliphatic rings. The molecule has 5 nitrogen and oxygen atoms in total. The van der Waals surface area contributed by atoms with Crippen molar-refractivity contribution in [2.45, 2.75) is 12.8 Å². The second-order valence-corrected chi connectivity index (χ2v) is 8.27. The van der Waals surface area contributed by atoms with Crippen molar-refractivity contribution in [2.75, 3.05) is 26.2 Å². The summed E-state index contributed by atoms with van der Waals surface area (Å²) in [6.45, 7) is 3.14. The van der Waals surface area contributed by atoms with Crippen molar-refractivity contribution in [3.63, 3.8) is 0 Å². The van der Waals surface area contributed by atoms with Gasteiger partial charge in [-0.3, -0.25) is 19.4 Å². The monoisotopic (exact) mass is 419 g/mol. The Bertz CT molecular complexity index is 1150. The van der Waals surface area contributed by atoms with Crippen molar-refractivity contribution in [1.29, 1.82) is 0 Å². The van der Waals surface area contributed by atoms with Gasteiger partial charge in [0.25, 0.3) is 11.8 Å². The molecule has 6 heteroatoms. The Morgan fingerprint density at radius 3 is 2.43 bits per heavy atom. The largest absolute Gasteiger partial charge is 0.361 e. The maximum Gasteiger partial charge on any atom is 0.261 e. The van der Waals surface area contributed by atoms with Crippen molar-refractivity contribution in [3.8, 4) is 0 Å². The van der Waals surface area contributed by atoms with E-state index in [4.69, 9.17) is 11.6 Å². The number of carbonyl (C=O) groups is 2. The molecule has 1 aromatic heterocycles. The fourth-order valence-electron chi connectivity index (χ4n) is 4.41. The summed E-state index contributed by atoms with van der Waals surface area (Å²) in [5, 5.41) is 1.90. The molecule has 0 unspecified atom stereocenters. The minimum absolute atomic E-state index is 0.172. The molecule has 2 aliphatic heterocycles. The van der Waals surface area contributed by atoms with Gasteiger partial charge in [-0.05, 0) is 48.7 Å². The average Bonchev–Trinajstić information content (AvgIpc) is 3.29. The van der Waals surface area contributed by atoms with E-state index < -0.39 is 0 Å². The molecule has 3 aromatic rings. The first kappa shape index (κ1) is 19.1. The van der Waals surface area contributed by atoms with Crippen LogP contribution in [0.15, 0.2) is 54.7 Å². The first-order chi connectivity index (χ1) is 14.6. The second-order valence-electron chi connectivity index (χ2n) is 7.83. The van der Waals surface area contributed by atoms with Crippen LogP contribution in [0.3, 0.4) is 0 Å². The molecule has 2 aromatic carbocycles. The average molecular weight is 420 g/mol. The molecule has 0 saturated heterocycles. The highest BCUT2D eigenvalue weighted by Gasteiger charge is 2.34. The molecule has 5 rings (SSSR count). The van der Waals surface area contributed by atoms with E-state index in [9.17, 15) is 9.59 Å². The highest BCUT2D eigenvalue weighted by molar-refractivity contribution is 6.31. The number of aromatic amines is 1. The Labute approximate surface area is 179 Å². The summed E-state index contributed by atoms with van der Waals surface area (Å²) in [7, 11) is 0. The summed E-state index contributed by atoms with van der Waals surface area (Å²) >= 11 is 6.18. The molecule has 152 valence electrons. The van der Waals surface area contributed by atoms with Crippen LogP contribution in [0.1, 0.15) is 39.1 Å². The standard InChI is InChI=1S/C24H22ClN3O2/c25-17-6-7-22-20(14-17)21(15-26-22)16-8-12-27(13-9-16)10-3-11-28-23(29)18-4-1-2-5-19(18)24(28)30/h1-2,4-8,14-15,26H,3,9-13H2. The highest BCUT2D eigenvalue weighted by atomic mass is 35.5. The third kappa shape index (κ3) is 3.34. The molecule has 0 aliphatic carbocycles. The van der Waals surface area contributed by atoms with Gasteiger partial charge in [0.1, 0.15) is 0 Å². The quantitative estimate of drug-likeness (QED) is 0.615. The number of hydrogen-bond acceptors (Lipinski definition) is 3. The van der Waals surface area contributed by atoms with Gasteiger partial charge in [-0.2, -0.15) is 0 Å². The normalized spacial score (nSPS) is 17.0. The number of benzene rings is 2. The Morgan fingerprint density at radius 2 is 1.73 bits per heavy atom. The number of rotatable bonds is 5. The van der Waals surface area contributed by atoms with E-state index in [0.29, 0.717) is 17.7 Å². The fraction of sp³-hybridized carbons (Fsp3) is 0.250. The minimum atomic E-state index is -0.172. The maximum absolute atomic E-state index is 12.5. The van der Waals surface area contributed by atoms with Gasteiger partial charge in [0.15, 0.2) is 0 Å². The molecule has 0 fully saturated rings. The lowest BCUT2D eigenvalue weighted by molar-refractivity contribution is 0.0648. The lowest BCUT2D eigenvalue weighted by Gasteiger charge is -2.27. The summed E-state index contributed by atoms with van der Waals surface area (Å²) in [6, 6.07) is 13.0. The van der Waals surface area contributed by atoms with Gasteiger partial charge < -0.3 is 4.98 Å². The molecule has 0 radical (unpaired) electrons. The molecule has 0 atom stereocenters. The first-order valence-electron chi connectivity index (χ1n) is 10.3. The molecule has 1 N–H and O–H groups in total. The predicted molar refractivity (Wildman–Crippen MR) is 119 cm³/mol. The molecule has 0 spiro atoms. The second kappa shape index (κ2) is 7.74. The molecule has 2 amide bonds. The lowest BCUT2D eigenvalue weighted by Crippen LogP contribution is -2.35. The Balaban J connectivity index is 1.19. The minimum Gasteiger partial charge on any atom is -0.361 e. The van der Waals surface area contributed by atoms with Crippen molar-refractivity contribution >= 4 is 39.9 Å². The third-order valence-corrected chi connectivity index (χ3v) is 6.25. The highest BCUT2D eigenvalue weighted by Crippen LogP contribution is 2.31. The first-order valence-corrected chi connectivity index (χ1v) is 10.6. The number of hydrogen-bond donors (Lipinski definition) is 1. The number of imide groups is 1. The van der Waals surface area contributed by atoms with Crippen LogP contribution < -0.4 is 0 Å². The smallest absolute Gasteiger partial charge is 0.261 e. The summed E-state index contributed by atoms with van der Waals surface area (Å²) < 4.78 is 0. The number of nitrogens with zero attached hydrogens (tertiary/aromatic N) is 2. The van der Waals surface area contributed by atoms with Gasteiger partial charge in [-0.25, -0.2) is 0 Å². The van der Waals surface area contributed by atoms with Crippen LogP contribution >= 0.6 is 11.6 Å². The molecular formula is C24H22ClN3O2. The zero-order valence-electron chi connectivity index (χ0n) is 16.5. The van der Waals surface area contributed by atoms with Crippen LogP contribution in [0.5, 0.6) is 0 Å². The predicted octanol–water partition coefficient (Wildman–Crippen LogP) is 4.60. The maximum atomic E-state index is 12.5. The van der Waals surface area contributed by atoms with E-state index in [2.05, 4.69) is 22.2 Å². The summed E-state index contributed by atoms with van der Waals surface area (Å²) in [5.74, 6) is -0.344. The van der Waals surface area contributed by atoms with E-state index in [0.717, 1.165) is 48.4 Å². The molecular weight excluding hydrogens is 398 g/mol. The Hall–Kier alpha value is -2.89. The zero-order valence-corrected chi connectivity index (χ0v) is 17.3. The number of nitrogens with one attached hydrogen (secondary N) is 1. The summed E-state index contributed by atoms with van der Waals surface area (Å²) in [4.78, 5) is 32.0. The topological polar surface area (TPSA) is 56.4 Å². The Morgan fingerprint density at radius 1 is 0.967 bits per heavy atom. The van der Waals surface area contributed by atoms with Crippen LogP contribution in [0, 0.1) is 0 Å². The van der Waals surface area contributed by atoms with Crippen molar-refractivity contribution in [1.82, 2.24) is 14.8 Å². The number of aromatic nitrogens is 1. The van der Waals surface area contributed by atoms with Crippen molar-refractivity contribution in [2.24, 2.45) is 0 Å². The van der Waals surface area contributed by atoms with Gasteiger partial charge in [0, 0.05) is 53.9 Å². The Kier molecular flexibility index (Phi) is 4.93. The van der Waals surface area contributed by atoms with E-state index in [1.807, 2.05) is 18.2 Å². The number of carbonyl (C=O) groups excluding carboxylic acids is 2. The van der Waals surface area contributed by atoms with Crippen LogP contribution in [0.4, 0.5) is 0 Å². The number of H-pyrrole nitrogens is 1. The van der Waals surface area contributed by atoms with Crippen LogP contribution in [-0.2, 0) is 0 Å². The number of halogens is 1. The lowest BCUT2D eigenvalue weighted by atomic mass is 9.99. The van der Waals surface area contributed by atoms with Crippen molar-refractivity contribution < 1.29 is 9.59 Å². The molecule has 3 heterocycles. The zero-order chi connectivity index (χ0) is 20.7. The fourth-order valence-corrected chi connectivity index (χ4v) is 4.58. The van der Waals surface area contributed by atoms with Crippen LogP contribution in [0.25, 0.3) is 16.5 Å². The number of amides is 2. The van der Waals surface area contributed by atoms with Gasteiger partial charge >= 0.3 is 0 Å². The molecule has 30 heavy (non-hydrogen) atoms. The van der Waals surface area contributed by atoms with Gasteiger partial charge in [-0.1, -0.05) is 29.8 Å². The number of fused-ring (bicyclic) bond motifs is 2. The van der Waals surface area contributed by atoms with E-state index in [-0.39, 0.29) is 11.8 Å². The van der Waals surface area contributed by atoms with Crippen LogP contribution in [0.2, 0.25) is 5.02 Å². The van der Waals surface area contributed by atoms with Gasteiger partial charge in [0.2, 0.25) is 0 Å². The van der Waals surface area contributed by atoms with Crippen molar-refractivity contribution in [3.05, 3.63) is 76.5 Å². The van der Waals surface area contributed by atoms with Gasteiger partial charge in [0.05, 0.1) is 11.1 Å². The summed E-state index contributed by atoms with van der Waals surface area (Å²) in [6.07, 6.45) is 6.07. The SMILES string of the molecule is O=C1c2ccccc2C(=O)N1CCCN1CC=C(c2c[nH]c3ccc(Cl)cc23)CC1.